The van der Waals surface area contributed by atoms with E-state index in [0.717, 1.165) is 0 Å². The third-order valence-electron chi connectivity index (χ3n) is 0.953. The Labute approximate surface area is 81.4 Å². The third-order valence-corrected chi connectivity index (χ3v) is 2.04. The van der Waals surface area contributed by atoms with E-state index in [4.69, 9.17) is 0 Å². The molecule has 0 atom stereocenters. The van der Waals surface area contributed by atoms with Gasteiger partial charge in [0, 0.05) is 7.05 Å². The summed E-state index contributed by atoms with van der Waals surface area (Å²) in [5.74, 6) is 0.549. The van der Waals surface area contributed by atoms with Gasteiger partial charge in [0.25, 0.3) is 0 Å². The quantitative estimate of drug-likeness (QED) is 0.481. The van der Waals surface area contributed by atoms with Gasteiger partial charge in [-0.1, -0.05) is 52.5 Å². The zero-order chi connectivity index (χ0) is 9.98. The van der Waals surface area contributed by atoms with Crippen molar-refractivity contribution in [3.8, 4) is 0 Å². The van der Waals surface area contributed by atoms with E-state index in [-0.39, 0.29) is 0 Å². The molecule has 0 aliphatic rings. The summed E-state index contributed by atoms with van der Waals surface area (Å²) in [6, 6.07) is 0. The summed E-state index contributed by atoms with van der Waals surface area (Å²) in [4.78, 5) is 5.00. The van der Waals surface area contributed by atoms with E-state index in [1.807, 2.05) is 5.55 Å². The molecule has 0 fully saturated rings. The lowest BCUT2D eigenvalue weighted by Gasteiger charge is -2.02. The summed E-state index contributed by atoms with van der Waals surface area (Å²) in [7, 11) is 1.76. The van der Waals surface area contributed by atoms with Gasteiger partial charge in [-0.15, -0.1) is 0 Å². The number of nitrogens with zero attached hydrogens (tertiary/aromatic N) is 1. The molecular formula is C10H21NS. The first-order valence-corrected chi connectivity index (χ1v) is 5.24. The normalized spacial score (nSPS) is 9.83. The van der Waals surface area contributed by atoms with Crippen LogP contribution < -0.4 is 0 Å². The molecule has 0 aliphatic carbocycles. The van der Waals surface area contributed by atoms with E-state index in [1.165, 1.54) is 11.3 Å². The Bertz CT molecular complexity index is 128. The number of thioether (sulfide) groups is 1. The highest BCUT2D eigenvalue weighted by atomic mass is 32.2. The molecule has 0 aromatic rings. The van der Waals surface area contributed by atoms with Gasteiger partial charge in [0.1, 0.15) is 0 Å². The van der Waals surface area contributed by atoms with E-state index >= 15 is 0 Å². The van der Waals surface area contributed by atoms with Gasteiger partial charge in [-0.05, 0) is 10.8 Å². The van der Waals surface area contributed by atoms with Crippen molar-refractivity contribution < 1.29 is 0 Å². The van der Waals surface area contributed by atoms with Gasteiger partial charge in [-0.2, -0.15) is 0 Å². The smallest absolute Gasteiger partial charge is 0.0582 e. The molecule has 72 valence electrons. The van der Waals surface area contributed by atoms with Crippen LogP contribution in [0.2, 0.25) is 0 Å². The molecule has 0 heterocycles. The largest absolute Gasteiger partial charge is 0.289 e. The van der Waals surface area contributed by atoms with Crippen LogP contribution in [-0.4, -0.2) is 12.6 Å². The summed E-state index contributed by atoms with van der Waals surface area (Å²) in [6.07, 6.45) is 1.25. The number of allylic oxidation sites excluding steroid dienone is 1. The minimum atomic E-state index is 0.549. The second-order valence-electron chi connectivity index (χ2n) is 2.81. The fourth-order valence-corrected chi connectivity index (χ4v) is 0.769. The molecule has 0 saturated carbocycles. The number of hydrogen-bond donors (Lipinski definition) is 0. The van der Waals surface area contributed by atoms with E-state index in [1.54, 1.807) is 18.8 Å². The molecule has 0 spiro atoms. The Kier molecular flexibility index (Phi) is 12.8. The van der Waals surface area contributed by atoms with Crippen LogP contribution in [0.3, 0.4) is 0 Å². The molecule has 0 aliphatic heterocycles. The predicted molar refractivity (Wildman–Crippen MR) is 62.0 cm³/mol. The van der Waals surface area contributed by atoms with Gasteiger partial charge in [-0.25, -0.2) is 0 Å². The second kappa shape index (κ2) is 10.8. The molecule has 0 rings (SSSR count). The number of hydrogen-bond acceptors (Lipinski definition) is 2. The highest BCUT2D eigenvalue weighted by Crippen LogP contribution is 2.18. The van der Waals surface area contributed by atoms with Gasteiger partial charge < -0.3 is 0 Å². The molecule has 0 radical (unpaired) electrons. The molecule has 0 saturated heterocycles. The van der Waals surface area contributed by atoms with Crippen molar-refractivity contribution in [3.63, 3.8) is 0 Å². The Balaban J connectivity index is 0. The topological polar surface area (TPSA) is 12.4 Å². The summed E-state index contributed by atoms with van der Waals surface area (Å²) < 4.78 is 0. The maximum absolute atomic E-state index is 3.86. The van der Waals surface area contributed by atoms with Gasteiger partial charge in [0.15, 0.2) is 0 Å². The molecule has 12 heavy (non-hydrogen) atoms. The van der Waals surface area contributed by atoms with Crippen molar-refractivity contribution >= 4 is 17.3 Å². The zero-order valence-electron chi connectivity index (χ0n) is 8.92. The summed E-state index contributed by atoms with van der Waals surface area (Å²) in [5.41, 5.74) is 1.81. The monoisotopic (exact) mass is 187 g/mol. The highest BCUT2D eigenvalue weighted by Gasteiger charge is 1.96. The Morgan fingerprint density at radius 3 is 2.17 bits per heavy atom. The number of rotatable bonds is 3. The maximum Gasteiger partial charge on any atom is 0.0582 e. The summed E-state index contributed by atoms with van der Waals surface area (Å²) >= 11 is 1.60. The standard InChI is InChI=1S/C7H13NS.C3H8/c1-6(2)7(3)9-5-8-4;1-3-2/h5-6H,3H2,1-2,4H3;3H2,1-2H3. The highest BCUT2D eigenvalue weighted by molar-refractivity contribution is 8.15. The van der Waals surface area contributed by atoms with Crippen LogP contribution in [0, 0.1) is 5.92 Å². The van der Waals surface area contributed by atoms with Crippen LogP contribution in [0.15, 0.2) is 16.5 Å². The van der Waals surface area contributed by atoms with Crippen molar-refractivity contribution in [2.24, 2.45) is 10.9 Å². The number of aliphatic imine (C=N–C) groups is 1. The van der Waals surface area contributed by atoms with E-state index < -0.39 is 0 Å². The van der Waals surface area contributed by atoms with Gasteiger partial charge in [-0.3, -0.25) is 4.99 Å². The molecule has 0 bridgehead atoms. The van der Waals surface area contributed by atoms with Gasteiger partial charge in [0.2, 0.25) is 0 Å². The minimum absolute atomic E-state index is 0.549. The average Bonchev–Trinajstić information content (AvgIpc) is 2.01. The van der Waals surface area contributed by atoms with Crippen molar-refractivity contribution in [2.45, 2.75) is 34.1 Å². The Morgan fingerprint density at radius 1 is 1.50 bits per heavy atom. The molecule has 0 aromatic heterocycles. The Hall–Kier alpha value is -0.240. The third kappa shape index (κ3) is 12.4. The molecule has 0 amide bonds. The molecule has 1 nitrogen and oxygen atoms in total. The van der Waals surface area contributed by atoms with E-state index in [2.05, 4.69) is 39.3 Å². The predicted octanol–water partition coefficient (Wildman–Crippen LogP) is 3.96. The first-order chi connectivity index (χ1) is 5.59. The van der Waals surface area contributed by atoms with Crippen molar-refractivity contribution in [3.05, 3.63) is 11.5 Å². The van der Waals surface area contributed by atoms with Crippen LogP contribution in [-0.2, 0) is 0 Å². The summed E-state index contributed by atoms with van der Waals surface area (Å²) in [6.45, 7) is 12.4. The molecule has 0 unspecified atom stereocenters. The zero-order valence-corrected chi connectivity index (χ0v) is 9.74. The van der Waals surface area contributed by atoms with Crippen LogP contribution in [0.5, 0.6) is 0 Å². The molecule has 0 N–H and O–H groups in total. The van der Waals surface area contributed by atoms with Gasteiger partial charge >= 0.3 is 0 Å². The van der Waals surface area contributed by atoms with Crippen LogP contribution in [0.25, 0.3) is 0 Å². The van der Waals surface area contributed by atoms with Gasteiger partial charge in [0.05, 0.1) is 5.55 Å². The van der Waals surface area contributed by atoms with E-state index in [0.29, 0.717) is 5.92 Å². The summed E-state index contributed by atoms with van der Waals surface area (Å²) in [5, 5.41) is 0. The lowest BCUT2D eigenvalue weighted by Crippen LogP contribution is -1.85. The molecule has 0 aromatic carbocycles. The van der Waals surface area contributed by atoms with Crippen LogP contribution >= 0.6 is 11.8 Å². The fourth-order valence-electron chi connectivity index (χ4n) is 0.256. The SMILES string of the molecule is C=C(SC=NC)C(C)C.CCC. The van der Waals surface area contributed by atoms with Crippen LogP contribution in [0.1, 0.15) is 34.1 Å². The van der Waals surface area contributed by atoms with Crippen LogP contribution in [0.4, 0.5) is 0 Å². The molecule has 2 heteroatoms. The maximum atomic E-state index is 3.86. The fraction of sp³-hybridized carbons (Fsp3) is 0.700. The first-order valence-electron chi connectivity index (χ1n) is 4.36. The minimum Gasteiger partial charge on any atom is -0.289 e. The Morgan fingerprint density at radius 2 is 1.92 bits per heavy atom. The lowest BCUT2D eigenvalue weighted by atomic mass is 10.2. The first kappa shape index (κ1) is 14.3. The van der Waals surface area contributed by atoms with E-state index in [9.17, 15) is 0 Å². The average molecular weight is 187 g/mol. The molecular weight excluding hydrogens is 166 g/mol. The second-order valence-corrected chi connectivity index (χ2v) is 3.78. The van der Waals surface area contributed by atoms with Crippen molar-refractivity contribution in [1.29, 1.82) is 0 Å². The van der Waals surface area contributed by atoms with Crippen molar-refractivity contribution in [2.75, 3.05) is 7.05 Å². The van der Waals surface area contributed by atoms with Crippen molar-refractivity contribution in [1.82, 2.24) is 0 Å². The lowest BCUT2D eigenvalue weighted by molar-refractivity contribution is 0.821.